The van der Waals surface area contributed by atoms with Crippen LogP contribution in [0.1, 0.15) is 158 Å². The smallest absolute Gasteiger partial charge is 0.336 e. The molecule has 0 atom stereocenters. The SMILES string of the molecule is C.C.CC.CC.CC.CC.CC.CC.O=C(O)c1c(Cc2ccccc2)cnc2ccccc12.O=C1Cc2ccccc2C1=O.O=CCCc1ccccc1.c1ccc(Cc2cnc3ccccc3c2)cc1. The van der Waals surface area contributed by atoms with E-state index in [9.17, 15) is 24.3 Å². The zero-order valence-electron chi connectivity index (χ0n) is 43.9. The molecular formula is C65H86N2O5. The van der Waals surface area contributed by atoms with Crippen LogP contribution in [0.15, 0.2) is 182 Å². The first-order chi connectivity index (χ1) is 34.4. The summed E-state index contributed by atoms with van der Waals surface area (Å²) in [4.78, 5) is 52.3. The number of para-hydroxylation sites is 2. The summed E-state index contributed by atoms with van der Waals surface area (Å²) >= 11 is 0. The van der Waals surface area contributed by atoms with E-state index in [-0.39, 0.29) is 32.8 Å². The maximum absolute atomic E-state index is 11.6. The van der Waals surface area contributed by atoms with E-state index < -0.39 is 5.97 Å². The van der Waals surface area contributed by atoms with Crippen LogP contribution in [0.3, 0.4) is 0 Å². The van der Waals surface area contributed by atoms with Gasteiger partial charge in [0.05, 0.1) is 16.6 Å². The van der Waals surface area contributed by atoms with Crippen LogP contribution in [0.2, 0.25) is 0 Å². The van der Waals surface area contributed by atoms with Crippen LogP contribution in [0.5, 0.6) is 0 Å². The van der Waals surface area contributed by atoms with Crippen molar-refractivity contribution in [1.82, 2.24) is 9.97 Å². The number of aryl methyl sites for hydroxylation is 1. The Balaban J connectivity index is -0.000000836. The van der Waals surface area contributed by atoms with Gasteiger partial charge in [-0.2, -0.15) is 0 Å². The molecule has 0 saturated heterocycles. The first-order valence-corrected chi connectivity index (χ1v) is 25.0. The van der Waals surface area contributed by atoms with Gasteiger partial charge in [0.25, 0.3) is 0 Å². The number of aldehydes is 1. The predicted octanol–water partition coefficient (Wildman–Crippen LogP) is 17.6. The first kappa shape index (κ1) is 68.9. The number of benzene rings is 6. The van der Waals surface area contributed by atoms with E-state index in [4.69, 9.17) is 0 Å². The van der Waals surface area contributed by atoms with Gasteiger partial charge in [0.1, 0.15) is 6.29 Å². The van der Waals surface area contributed by atoms with E-state index in [2.05, 4.69) is 52.4 Å². The van der Waals surface area contributed by atoms with Crippen molar-refractivity contribution in [3.05, 3.63) is 227 Å². The Labute approximate surface area is 434 Å². The fraction of sp³-hybridized carbons (Fsp3) is 0.292. The van der Waals surface area contributed by atoms with Crippen molar-refractivity contribution >= 4 is 45.6 Å². The summed E-state index contributed by atoms with van der Waals surface area (Å²) < 4.78 is 0. The maximum Gasteiger partial charge on any atom is 0.336 e. The molecule has 0 saturated carbocycles. The number of carbonyl (C=O) groups excluding carboxylic acids is 3. The van der Waals surface area contributed by atoms with Crippen molar-refractivity contribution in [3.8, 4) is 0 Å². The van der Waals surface area contributed by atoms with E-state index in [0.29, 0.717) is 34.9 Å². The average molecular weight is 975 g/mol. The van der Waals surface area contributed by atoms with Gasteiger partial charge in [0, 0.05) is 41.6 Å². The Morgan fingerprint density at radius 1 is 0.514 bits per heavy atom. The van der Waals surface area contributed by atoms with Crippen LogP contribution < -0.4 is 0 Å². The number of ketones is 2. The Hall–Kier alpha value is -7.38. The van der Waals surface area contributed by atoms with Crippen molar-refractivity contribution in [2.75, 3.05) is 0 Å². The van der Waals surface area contributed by atoms with E-state index in [1.807, 2.05) is 198 Å². The second kappa shape index (κ2) is 43.6. The number of aromatic nitrogens is 2. The predicted molar refractivity (Wildman–Crippen MR) is 311 cm³/mol. The van der Waals surface area contributed by atoms with Crippen molar-refractivity contribution in [2.24, 2.45) is 0 Å². The van der Waals surface area contributed by atoms with Gasteiger partial charge in [-0.05, 0) is 70.8 Å². The van der Waals surface area contributed by atoms with Crippen molar-refractivity contribution in [1.29, 1.82) is 0 Å². The summed E-state index contributed by atoms with van der Waals surface area (Å²) in [6.07, 6.45) is 7.88. The molecule has 386 valence electrons. The molecule has 0 fully saturated rings. The van der Waals surface area contributed by atoms with E-state index in [1.54, 1.807) is 24.4 Å². The average Bonchev–Trinajstić information content (AvgIpc) is 3.74. The Morgan fingerprint density at radius 3 is 1.49 bits per heavy atom. The van der Waals surface area contributed by atoms with Crippen LogP contribution in [0.25, 0.3) is 21.8 Å². The number of pyridine rings is 2. The van der Waals surface area contributed by atoms with Gasteiger partial charge in [-0.25, -0.2) is 4.79 Å². The molecule has 0 radical (unpaired) electrons. The molecule has 0 aliphatic heterocycles. The molecule has 0 bridgehead atoms. The summed E-state index contributed by atoms with van der Waals surface area (Å²) in [6, 6.07) is 55.2. The first-order valence-electron chi connectivity index (χ1n) is 25.0. The number of carboxylic acids is 1. The normalized spacial score (nSPS) is 9.56. The Morgan fingerprint density at radius 2 is 0.958 bits per heavy atom. The third-order valence-corrected chi connectivity index (χ3v) is 9.46. The highest BCUT2D eigenvalue weighted by molar-refractivity contribution is 6.47. The molecule has 1 N–H and O–H groups in total. The summed E-state index contributed by atoms with van der Waals surface area (Å²) in [5.74, 6) is -1.53. The molecule has 1 aliphatic carbocycles. The number of carboxylic acid groups (broad SMARTS) is 1. The lowest BCUT2D eigenvalue weighted by atomic mass is 9.98. The summed E-state index contributed by atoms with van der Waals surface area (Å²) in [5.41, 5.74) is 9.19. The third kappa shape index (κ3) is 24.0. The minimum Gasteiger partial charge on any atom is -0.478 e. The molecule has 1 aliphatic rings. The molecule has 72 heavy (non-hydrogen) atoms. The fourth-order valence-electron chi connectivity index (χ4n) is 6.60. The van der Waals surface area contributed by atoms with Crippen LogP contribution in [0.4, 0.5) is 0 Å². The second-order valence-corrected chi connectivity index (χ2v) is 13.6. The maximum atomic E-state index is 11.6. The number of rotatable bonds is 8. The topological polar surface area (TPSA) is 114 Å². The van der Waals surface area contributed by atoms with Crippen LogP contribution in [-0.2, 0) is 35.3 Å². The quantitative estimate of drug-likeness (QED) is 0.119. The fourth-order valence-corrected chi connectivity index (χ4v) is 6.60. The number of hydrogen-bond donors (Lipinski definition) is 1. The Bertz CT molecular complexity index is 2630. The molecule has 0 amide bonds. The van der Waals surface area contributed by atoms with Gasteiger partial charge in [-0.3, -0.25) is 19.6 Å². The van der Waals surface area contributed by atoms with Crippen LogP contribution >= 0.6 is 0 Å². The second-order valence-electron chi connectivity index (χ2n) is 13.6. The molecule has 0 spiro atoms. The molecule has 2 aromatic heterocycles. The van der Waals surface area contributed by atoms with Crippen molar-refractivity contribution in [3.63, 3.8) is 0 Å². The molecule has 8 aromatic rings. The van der Waals surface area contributed by atoms with Crippen molar-refractivity contribution in [2.45, 2.75) is 130 Å². The molecule has 7 nitrogen and oxygen atoms in total. The van der Waals surface area contributed by atoms with Gasteiger partial charge in [-0.15, -0.1) is 0 Å². The monoisotopic (exact) mass is 975 g/mol. The molecular weight excluding hydrogens is 889 g/mol. The molecule has 2 heterocycles. The largest absolute Gasteiger partial charge is 0.478 e. The lowest BCUT2D eigenvalue weighted by Gasteiger charge is -2.09. The van der Waals surface area contributed by atoms with Gasteiger partial charge >= 0.3 is 5.97 Å². The molecule has 0 unspecified atom stereocenters. The summed E-state index contributed by atoms with van der Waals surface area (Å²) in [7, 11) is 0. The van der Waals surface area contributed by atoms with Crippen molar-refractivity contribution < 1.29 is 24.3 Å². The molecule has 9 rings (SSSR count). The zero-order chi connectivity index (χ0) is 52.5. The highest BCUT2D eigenvalue weighted by atomic mass is 16.4. The van der Waals surface area contributed by atoms with Gasteiger partial charge in [0.15, 0.2) is 0 Å². The lowest BCUT2D eigenvalue weighted by Crippen LogP contribution is -2.05. The number of Topliss-reactive ketones (excluding diaryl/α,β-unsaturated/α-hetero) is 2. The third-order valence-electron chi connectivity index (χ3n) is 9.46. The molecule has 7 heteroatoms. The van der Waals surface area contributed by atoms with Crippen LogP contribution in [0, 0.1) is 0 Å². The van der Waals surface area contributed by atoms with Gasteiger partial charge in [-0.1, -0.05) is 250 Å². The highest BCUT2D eigenvalue weighted by Gasteiger charge is 2.27. The number of aromatic carboxylic acids is 1. The molecule has 6 aromatic carbocycles. The van der Waals surface area contributed by atoms with E-state index >= 15 is 0 Å². The zero-order valence-corrected chi connectivity index (χ0v) is 43.9. The van der Waals surface area contributed by atoms with Crippen LogP contribution in [-0.4, -0.2) is 38.9 Å². The van der Waals surface area contributed by atoms with Gasteiger partial charge < -0.3 is 9.90 Å². The summed E-state index contributed by atoms with van der Waals surface area (Å²) in [5, 5.41) is 11.4. The minimum absolute atomic E-state index is 0. The summed E-state index contributed by atoms with van der Waals surface area (Å²) in [6.45, 7) is 24.0. The van der Waals surface area contributed by atoms with Gasteiger partial charge in [0.2, 0.25) is 11.6 Å². The highest BCUT2D eigenvalue weighted by Crippen LogP contribution is 2.23. The lowest BCUT2D eigenvalue weighted by molar-refractivity contribution is -0.114. The minimum atomic E-state index is -0.908. The van der Waals surface area contributed by atoms with E-state index in [1.165, 1.54) is 22.1 Å². The number of nitrogens with zero attached hydrogens (tertiary/aromatic N) is 2. The number of hydrogen-bond acceptors (Lipinski definition) is 6. The van der Waals surface area contributed by atoms with E-state index in [0.717, 1.165) is 41.3 Å². The number of fused-ring (bicyclic) bond motifs is 3. The Kier molecular flexibility index (Phi) is 41.7. The standard InChI is InChI=1S/C17H13NO2.C16H13N.C9H6O2.C9H10O.6C2H6.2CH4/c19-17(20)16-13(10-12-6-2-1-3-7-12)11-18-15-9-5-4-8-14(15)16;1-2-6-13(7-3-1)10-14-11-15-8-4-5-9-16(15)17-12-14;10-8-5-6-3-1-2-4-7(6)9(8)11;10-8-4-7-9-5-2-1-3-6-9;6*1-2;;/h1-9,11H,10H2,(H,19,20);1-9,11-12H,10H2;1-4H,5H2;1-3,5-6,8H,4,7H2;6*1-2H3;2*1H4. The number of carbonyl (C=O) groups is 4.